The fraction of sp³-hybridized carbons (Fsp3) is 0.0588. The lowest BCUT2D eigenvalue weighted by molar-refractivity contribution is 0.293. The SMILES string of the molecule is Fc1ccccc1-n1c(COc2ccc(-c3csnn3)cc2)n[nH]c1=S. The van der Waals surface area contributed by atoms with E-state index in [0.29, 0.717) is 22.0 Å². The summed E-state index contributed by atoms with van der Waals surface area (Å²) in [5, 5.41) is 12.7. The van der Waals surface area contributed by atoms with Crippen LogP contribution in [0.3, 0.4) is 0 Å². The fourth-order valence-corrected chi connectivity index (χ4v) is 3.18. The van der Waals surface area contributed by atoms with Crippen molar-refractivity contribution in [3.05, 3.63) is 70.3 Å². The van der Waals surface area contributed by atoms with E-state index in [0.717, 1.165) is 11.3 Å². The molecule has 0 saturated heterocycles. The number of aromatic nitrogens is 5. The number of rotatable bonds is 5. The van der Waals surface area contributed by atoms with Gasteiger partial charge in [0.05, 0.1) is 5.69 Å². The summed E-state index contributed by atoms with van der Waals surface area (Å²) in [5.41, 5.74) is 2.11. The molecule has 130 valence electrons. The minimum absolute atomic E-state index is 0.138. The van der Waals surface area contributed by atoms with E-state index in [9.17, 15) is 4.39 Å². The molecular weight excluding hydrogens is 373 g/mol. The lowest BCUT2D eigenvalue weighted by Crippen LogP contribution is -2.07. The van der Waals surface area contributed by atoms with Crippen LogP contribution in [0.1, 0.15) is 5.82 Å². The van der Waals surface area contributed by atoms with Gasteiger partial charge in [-0.2, -0.15) is 5.10 Å². The van der Waals surface area contributed by atoms with Gasteiger partial charge in [-0.3, -0.25) is 9.67 Å². The second-order valence-corrected chi connectivity index (χ2v) is 6.33. The fourth-order valence-electron chi connectivity index (χ4n) is 2.47. The van der Waals surface area contributed by atoms with Crippen molar-refractivity contribution in [1.82, 2.24) is 24.4 Å². The molecule has 0 aliphatic carbocycles. The van der Waals surface area contributed by atoms with E-state index < -0.39 is 0 Å². The predicted octanol–water partition coefficient (Wildman–Crippen LogP) is 4.17. The molecule has 2 aromatic carbocycles. The van der Waals surface area contributed by atoms with Gasteiger partial charge in [0, 0.05) is 10.9 Å². The molecule has 9 heteroatoms. The molecule has 0 aliphatic heterocycles. The van der Waals surface area contributed by atoms with E-state index in [2.05, 4.69) is 19.8 Å². The van der Waals surface area contributed by atoms with Crippen LogP contribution in [0.5, 0.6) is 5.75 Å². The second kappa shape index (κ2) is 7.14. The summed E-state index contributed by atoms with van der Waals surface area (Å²) in [4.78, 5) is 0. The lowest BCUT2D eigenvalue weighted by Gasteiger charge is -2.09. The molecule has 4 rings (SSSR count). The first-order chi connectivity index (χ1) is 12.7. The van der Waals surface area contributed by atoms with Crippen LogP contribution in [0.4, 0.5) is 4.39 Å². The number of aromatic amines is 1. The molecule has 0 atom stereocenters. The number of ether oxygens (including phenoxy) is 1. The molecule has 2 heterocycles. The Morgan fingerprint density at radius 3 is 2.69 bits per heavy atom. The van der Waals surface area contributed by atoms with Crippen molar-refractivity contribution in [2.75, 3.05) is 0 Å². The molecule has 0 fully saturated rings. The highest BCUT2D eigenvalue weighted by atomic mass is 32.1. The molecule has 0 bridgehead atoms. The smallest absolute Gasteiger partial charge is 0.200 e. The van der Waals surface area contributed by atoms with Gasteiger partial charge in [-0.15, -0.1) is 5.10 Å². The van der Waals surface area contributed by atoms with Gasteiger partial charge in [0.15, 0.2) is 10.6 Å². The van der Waals surface area contributed by atoms with Crippen molar-refractivity contribution in [3.8, 4) is 22.7 Å². The average Bonchev–Trinajstić information content (AvgIpc) is 3.31. The topological polar surface area (TPSA) is 68.6 Å². The van der Waals surface area contributed by atoms with Gasteiger partial charge < -0.3 is 4.74 Å². The summed E-state index contributed by atoms with van der Waals surface area (Å²) >= 11 is 6.52. The third kappa shape index (κ3) is 3.26. The molecule has 0 spiro atoms. The van der Waals surface area contributed by atoms with Gasteiger partial charge in [0.25, 0.3) is 0 Å². The average molecular weight is 385 g/mol. The van der Waals surface area contributed by atoms with E-state index in [1.54, 1.807) is 18.2 Å². The Hall–Kier alpha value is -2.91. The molecule has 0 amide bonds. The number of hydrogen-bond donors (Lipinski definition) is 1. The number of halogens is 1. The first kappa shape index (κ1) is 16.6. The van der Waals surface area contributed by atoms with Crippen molar-refractivity contribution >= 4 is 23.8 Å². The quantitative estimate of drug-likeness (QED) is 0.522. The van der Waals surface area contributed by atoms with Crippen molar-refractivity contribution in [1.29, 1.82) is 0 Å². The van der Waals surface area contributed by atoms with Crippen LogP contribution in [0.25, 0.3) is 16.9 Å². The first-order valence-electron chi connectivity index (χ1n) is 7.64. The minimum Gasteiger partial charge on any atom is -0.486 e. The van der Waals surface area contributed by atoms with Crippen LogP contribution in [-0.2, 0) is 6.61 Å². The Morgan fingerprint density at radius 1 is 1.15 bits per heavy atom. The van der Waals surface area contributed by atoms with Gasteiger partial charge in [0.2, 0.25) is 0 Å². The molecule has 0 aliphatic rings. The number of nitrogens with one attached hydrogen (secondary N) is 1. The van der Waals surface area contributed by atoms with Crippen LogP contribution < -0.4 is 4.74 Å². The standard InChI is InChI=1S/C17H12FN5OS2/c18-13-3-1-2-4-15(13)23-16(20-21-17(23)25)9-24-12-7-5-11(6-8-12)14-10-26-22-19-14/h1-8,10H,9H2,(H,21,25). The zero-order chi connectivity index (χ0) is 17.9. The third-order valence-corrected chi connectivity index (χ3v) is 4.49. The van der Waals surface area contributed by atoms with Crippen LogP contribution in [-0.4, -0.2) is 24.4 Å². The maximum atomic E-state index is 14.1. The van der Waals surface area contributed by atoms with E-state index in [4.69, 9.17) is 17.0 Å². The van der Waals surface area contributed by atoms with Crippen molar-refractivity contribution in [2.45, 2.75) is 6.61 Å². The molecule has 0 saturated carbocycles. The summed E-state index contributed by atoms with van der Waals surface area (Å²) in [6, 6.07) is 13.9. The first-order valence-corrected chi connectivity index (χ1v) is 8.88. The zero-order valence-corrected chi connectivity index (χ0v) is 14.9. The molecule has 6 nitrogen and oxygen atoms in total. The summed E-state index contributed by atoms with van der Waals surface area (Å²) in [5.74, 6) is 0.756. The van der Waals surface area contributed by atoms with Crippen LogP contribution >= 0.6 is 23.8 Å². The predicted molar refractivity (Wildman–Crippen MR) is 98.4 cm³/mol. The Labute approximate surface area is 157 Å². The molecule has 0 unspecified atom stereocenters. The van der Waals surface area contributed by atoms with Crippen molar-refractivity contribution in [2.24, 2.45) is 0 Å². The van der Waals surface area contributed by atoms with Crippen molar-refractivity contribution < 1.29 is 9.13 Å². The molecule has 4 aromatic rings. The van der Waals surface area contributed by atoms with E-state index >= 15 is 0 Å². The molecule has 0 radical (unpaired) electrons. The Morgan fingerprint density at radius 2 is 1.96 bits per heavy atom. The summed E-state index contributed by atoms with van der Waals surface area (Å²) in [7, 11) is 0. The maximum absolute atomic E-state index is 14.1. The Kier molecular flexibility index (Phi) is 4.55. The number of nitrogens with zero attached hydrogens (tertiary/aromatic N) is 4. The molecule has 2 aromatic heterocycles. The zero-order valence-electron chi connectivity index (χ0n) is 13.3. The molecular formula is C17H12FN5OS2. The third-order valence-electron chi connectivity index (χ3n) is 3.71. The summed E-state index contributed by atoms with van der Waals surface area (Å²) < 4.78 is 25.6. The second-order valence-electron chi connectivity index (χ2n) is 5.34. The number of hydrogen-bond acceptors (Lipinski definition) is 6. The van der Waals surface area contributed by atoms with Gasteiger partial charge >= 0.3 is 0 Å². The Bertz CT molecular complexity index is 1070. The van der Waals surface area contributed by atoms with E-state index in [1.165, 1.54) is 22.2 Å². The number of para-hydroxylation sites is 1. The lowest BCUT2D eigenvalue weighted by atomic mass is 10.2. The number of H-pyrrole nitrogens is 1. The maximum Gasteiger partial charge on any atom is 0.200 e. The summed E-state index contributed by atoms with van der Waals surface area (Å²) in [6.07, 6.45) is 0. The van der Waals surface area contributed by atoms with Gasteiger partial charge in [-0.25, -0.2) is 4.39 Å². The van der Waals surface area contributed by atoms with Gasteiger partial charge in [-0.05, 0) is 60.1 Å². The monoisotopic (exact) mass is 385 g/mol. The van der Waals surface area contributed by atoms with Crippen LogP contribution in [0.2, 0.25) is 0 Å². The Balaban J connectivity index is 1.54. The van der Waals surface area contributed by atoms with Crippen molar-refractivity contribution in [3.63, 3.8) is 0 Å². The van der Waals surface area contributed by atoms with Crippen LogP contribution in [0, 0.1) is 10.6 Å². The molecule has 1 N–H and O–H groups in total. The van der Waals surface area contributed by atoms with E-state index in [1.807, 2.05) is 29.6 Å². The normalized spacial score (nSPS) is 10.8. The minimum atomic E-state index is -0.382. The molecule has 26 heavy (non-hydrogen) atoms. The highest BCUT2D eigenvalue weighted by Gasteiger charge is 2.12. The summed E-state index contributed by atoms with van der Waals surface area (Å²) in [6.45, 7) is 0.138. The highest BCUT2D eigenvalue weighted by Crippen LogP contribution is 2.22. The highest BCUT2D eigenvalue weighted by molar-refractivity contribution is 7.71. The van der Waals surface area contributed by atoms with Gasteiger partial charge in [0.1, 0.15) is 23.9 Å². The van der Waals surface area contributed by atoms with E-state index in [-0.39, 0.29) is 12.4 Å². The van der Waals surface area contributed by atoms with Crippen LogP contribution in [0.15, 0.2) is 53.9 Å². The number of benzene rings is 2. The van der Waals surface area contributed by atoms with Gasteiger partial charge in [-0.1, -0.05) is 16.6 Å². The largest absolute Gasteiger partial charge is 0.486 e.